The molecule has 2 rings (SSSR count). The van der Waals surface area contributed by atoms with Crippen molar-refractivity contribution >= 4 is 15.9 Å². The molecule has 0 saturated heterocycles. The summed E-state index contributed by atoms with van der Waals surface area (Å²) in [6, 6.07) is 0. The van der Waals surface area contributed by atoms with Crippen LogP contribution in [0.25, 0.3) is 0 Å². The van der Waals surface area contributed by atoms with Crippen LogP contribution < -0.4 is 0 Å². The number of rotatable bonds is 2. The fraction of sp³-hybridized carbons (Fsp3) is 0.900. The van der Waals surface area contributed by atoms with Crippen LogP contribution in [0.4, 0.5) is 0 Å². The van der Waals surface area contributed by atoms with Crippen LogP contribution in [0.5, 0.6) is 0 Å². The summed E-state index contributed by atoms with van der Waals surface area (Å²) in [5.74, 6) is -0.101. The Hall–Kier alpha value is 0.320. The van der Waals surface area contributed by atoms with Crippen LogP contribution in [0.3, 0.4) is 0 Å². The van der Waals surface area contributed by atoms with E-state index in [1.54, 1.807) is 0 Å². The first-order valence-electron chi connectivity index (χ1n) is 5.17. The van der Waals surface area contributed by atoms with Crippen LogP contribution in [-0.4, -0.2) is 24.5 Å². The molecule has 0 heterocycles. The van der Waals surface area contributed by atoms with Crippen molar-refractivity contribution < 1.29 is 40.1 Å². The van der Waals surface area contributed by atoms with Gasteiger partial charge in [-0.05, 0) is 24.2 Å². The van der Waals surface area contributed by atoms with Gasteiger partial charge in [0.05, 0.1) is 11.2 Å². The number of carbonyl (C=O) groups excluding carboxylic acids is 1. The molecule has 0 aliphatic heterocycles. The van der Waals surface area contributed by atoms with Crippen molar-refractivity contribution in [3.63, 3.8) is 0 Å². The SMILES string of the molecule is CC1(C)C2CCC1(CS(=O)(=O)O)C(=O)C2.[Ag]. The van der Waals surface area contributed by atoms with Crippen LogP contribution in [0.15, 0.2) is 0 Å². The summed E-state index contributed by atoms with van der Waals surface area (Å²) in [4.78, 5) is 11.9. The molecule has 1 radical (unpaired) electrons. The van der Waals surface area contributed by atoms with Crippen molar-refractivity contribution in [2.24, 2.45) is 16.7 Å². The molecule has 2 atom stereocenters. The topological polar surface area (TPSA) is 71.4 Å². The van der Waals surface area contributed by atoms with Gasteiger partial charge in [0.2, 0.25) is 0 Å². The van der Waals surface area contributed by atoms with Gasteiger partial charge in [-0.1, -0.05) is 13.8 Å². The maximum atomic E-state index is 11.9. The van der Waals surface area contributed by atoms with Crippen molar-refractivity contribution in [2.45, 2.75) is 33.1 Å². The first-order chi connectivity index (χ1) is 6.69. The summed E-state index contributed by atoms with van der Waals surface area (Å²) in [6.45, 7) is 3.89. The van der Waals surface area contributed by atoms with Gasteiger partial charge in [0.15, 0.2) is 0 Å². The Morgan fingerprint density at radius 1 is 1.44 bits per heavy atom. The van der Waals surface area contributed by atoms with Crippen LogP contribution in [0, 0.1) is 16.7 Å². The van der Waals surface area contributed by atoms with E-state index in [4.69, 9.17) is 4.55 Å². The molecule has 97 valence electrons. The second-order valence-corrected chi connectivity index (χ2v) is 6.85. The largest absolute Gasteiger partial charge is 0.299 e. The Kier molecular flexibility index (Phi) is 3.52. The van der Waals surface area contributed by atoms with Crippen LogP contribution in [0.2, 0.25) is 0 Å². The fourth-order valence-electron chi connectivity index (χ4n) is 3.42. The van der Waals surface area contributed by atoms with E-state index in [1.165, 1.54) is 0 Å². The second kappa shape index (κ2) is 3.92. The Labute approximate surface area is 111 Å². The molecule has 6 heteroatoms. The third-order valence-corrected chi connectivity index (χ3v) is 5.43. The predicted molar refractivity (Wildman–Crippen MR) is 55.0 cm³/mol. The average Bonchev–Trinajstić information content (AvgIpc) is 2.34. The number of ketones is 1. The van der Waals surface area contributed by atoms with Gasteiger partial charge in [0, 0.05) is 28.8 Å². The minimum Gasteiger partial charge on any atom is -0.299 e. The van der Waals surface area contributed by atoms with E-state index in [9.17, 15) is 13.2 Å². The van der Waals surface area contributed by atoms with Crippen LogP contribution >= 0.6 is 0 Å². The molecule has 16 heavy (non-hydrogen) atoms. The van der Waals surface area contributed by atoms with Gasteiger partial charge in [0.1, 0.15) is 5.78 Å². The van der Waals surface area contributed by atoms with E-state index in [0.29, 0.717) is 12.8 Å². The standard InChI is InChI=1S/C10H16O4S.Ag/c1-9(2)7-3-4-10(9,8(11)5-7)6-15(12,13)14;/h7H,3-6H2,1-2H3,(H,12,13,14);. The number of hydrogen-bond donors (Lipinski definition) is 1. The molecule has 2 saturated carbocycles. The summed E-state index contributed by atoms with van der Waals surface area (Å²) in [7, 11) is -4.08. The van der Waals surface area contributed by atoms with Crippen LogP contribution in [-0.2, 0) is 37.3 Å². The van der Waals surface area contributed by atoms with E-state index in [0.717, 1.165) is 6.42 Å². The maximum absolute atomic E-state index is 11.9. The average molecular weight is 340 g/mol. The summed E-state index contributed by atoms with van der Waals surface area (Å²) in [5, 5.41) is 0. The Bertz CT molecular complexity index is 415. The molecule has 0 spiro atoms. The third-order valence-electron chi connectivity index (χ3n) is 4.57. The van der Waals surface area contributed by atoms with Crippen molar-refractivity contribution in [1.29, 1.82) is 0 Å². The molecule has 0 aromatic carbocycles. The van der Waals surface area contributed by atoms with Gasteiger partial charge in [-0.2, -0.15) is 8.42 Å². The number of Topliss-reactive ketones (excluding diaryl/α,β-unsaturated/α-hetero) is 1. The van der Waals surface area contributed by atoms with Crippen molar-refractivity contribution in [2.75, 3.05) is 5.75 Å². The van der Waals surface area contributed by atoms with Gasteiger partial charge in [0.25, 0.3) is 10.1 Å². The molecule has 0 aromatic rings. The summed E-state index contributed by atoms with van der Waals surface area (Å²) in [5.41, 5.74) is -1.12. The molecule has 2 fully saturated rings. The molecule has 2 aliphatic carbocycles. The second-order valence-electron chi connectivity index (χ2n) is 5.39. The van der Waals surface area contributed by atoms with Gasteiger partial charge in [-0.25, -0.2) is 0 Å². The normalized spacial score (nSPS) is 36.2. The predicted octanol–water partition coefficient (Wildman–Crippen LogP) is 1.27. The Balaban J connectivity index is 0.00000128. The number of hydrogen-bond acceptors (Lipinski definition) is 3. The summed E-state index contributed by atoms with van der Waals surface area (Å²) in [6.07, 6.45) is 1.97. The van der Waals surface area contributed by atoms with E-state index >= 15 is 0 Å². The molecule has 0 aromatic heterocycles. The number of fused-ring (bicyclic) bond motifs is 2. The zero-order valence-electron chi connectivity index (χ0n) is 9.29. The van der Waals surface area contributed by atoms with Gasteiger partial charge in [-0.3, -0.25) is 9.35 Å². The van der Waals surface area contributed by atoms with Gasteiger partial charge in [-0.15, -0.1) is 0 Å². The molecule has 2 bridgehead atoms. The third kappa shape index (κ3) is 1.82. The zero-order valence-corrected chi connectivity index (χ0v) is 11.6. The number of carbonyl (C=O) groups is 1. The zero-order chi connectivity index (χ0) is 11.5. The van der Waals surface area contributed by atoms with E-state index in [2.05, 4.69) is 0 Å². The monoisotopic (exact) mass is 339 g/mol. The van der Waals surface area contributed by atoms with E-state index < -0.39 is 21.3 Å². The molecule has 2 aliphatic rings. The fourth-order valence-corrected chi connectivity index (χ4v) is 4.72. The first kappa shape index (κ1) is 14.4. The van der Waals surface area contributed by atoms with Crippen molar-refractivity contribution in [1.82, 2.24) is 0 Å². The smallest absolute Gasteiger partial charge is 0.265 e. The molecular weight excluding hydrogens is 324 g/mol. The quantitative estimate of drug-likeness (QED) is 0.607. The molecular formula is C10H16AgO4S. The Morgan fingerprint density at radius 2 is 2.00 bits per heavy atom. The van der Waals surface area contributed by atoms with Crippen LogP contribution in [0.1, 0.15) is 33.1 Å². The molecule has 2 unspecified atom stereocenters. The van der Waals surface area contributed by atoms with E-state index in [-0.39, 0.29) is 39.5 Å². The maximum Gasteiger partial charge on any atom is 0.265 e. The molecule has 4 nitrogen and oxygen atoms in total. The molecule has 1 N–H and O–H groups in total. The van der Waals surface area contributed by atoms with E-state index in [1.807, 2.05) is 13.8 Å². The molecule has 0 amide bonds. The first-order valence-corrected chi connectivity index (χ1v) is 6.78. The minimum absolute atomic E-state index is 0. The van der Waals surface area contributed by atoms with Gasteiger partial charge >= 0.3 is 0 Å². The minimum atomic E-state index is -4.08. The Morgan fingerprint density at radius 3 is 2.31 bits per heavy atom. The summed E-state index contributed by atoms with van der Waals surface area (Å²) >= 11 is 0. The van der Waals surface area contributed by atoms with Crippen molar-refractivity contribution in [3.8, 4) is 0 Å². The van der Waals surface area contributed by atoms with Crippen molar-refractivity contribution in [3.05, 3.63) is 0 Å². The van der Waals surface area contributed by atoms with Gasteiger partial charge < -0.3 is 0 Å². The summed E-state index contributed by atoms with van der Waals surface area (Å²) < 4.78 is 31.0.